The Morgan fingerprint density at radius 3 is 2.20 bits per heavy atom. The molecule has 0 aromatic heterocycles. The Kier molecular flexibility index (Phi) is 8.92. The van der Waals surface area contributed by atoms with E-state index < -0.39 is 0 Å². The number of quaternary nitrogens is 1. The molecule has 0 aliphatic carbocycles. The van der Waals surface area contributed by atoms with Crippen LogP contribution in [0.3, 0.4) is 0 Å². The minimum absolute atomic E-state index is 0. The third-order valence-electron chi connectivity index (χ3n) is 3.27. The van der Waals surface area contributed by atoms with Crippen LogP contribution in [0.1, 0.15) is 20.8 Å². The number of ketones is 1. The van der Waals surface area contributed by atoms with Gasteiger partial charge in [0.25, 0.3) is 0 Å². The first-order valence-corrected chi connectivity index (χ1v) is 5.30. The van der Waals surface area contributed by atoms with E-state index in [4.69, 9.17) is 5.73 Å². The molecule has 0 aromatic carbocycles. The number of rotatable bonds is 7. The van der Waals surface area contributed by atoms with E-state index in [-0.39, 0.29) is 24.2 Å². The predicted molar refractivity (Wildman–Crippen MR) is 59.9 cm³/mol. The minimum Gasteiger partial charge on any atom is -1.00 e. The second-order valence-electron chi connectivity index (χ2n) is 3.65. The van der Waals surface area contributed by atoms with E-state index in [1.807, 2.05) is 6.92 Å². The van der Waals surface area contributed by atoms with Gasteiger partial charge in [0.2, 0.25) is 5.78 Å². The van der Waals surface area contributed by atoms with E-state index in [2.05, 4.69) is 20.4 Å². The Morgan fingerprint density at radius 1 is 1.47 bits per heavy atom. The first-order chi connectivity index (χ1) is 6.57. The van der Waals surface area contributed by atoms with Crippen molar-refractivity contribution in [3.05, 3.63) is 12.7 Å². The predicted octanol–water partition coefficient (Wildman–Crippen LogP) is -2.05. The summed E-state index contributed by atoms with van der Waals surface area (Å²) in [6.07, 6.45) is 1.42. The molecular formula is C11H23ClN2O. The minimum atomic E-state index is -0.0222. The van der Waals surface area contributed by atoms with Gasteiger partial charge in [-0.3, -0.25) is 4.79 Å². The Balaban J connectivity index is 0. The smallest absolute Gasteiger partial charge is 0.211 e. The monoisotopic (exact) mass is 234 g/mol. The van der Waals surface area contributed by atoms with Crippen molar-refractivity contribution >= 4 is 5.78 Å². The molecule has 0 saturated carbocycles. The topological polar surface area (TPSA) is 43.1 Å². The fraction of sp³-hybridized carbons (Fsp3) is 0.727. The highest BCUT2D eigenvalue weighted by Crippen LogP contribution is 2.14. The molecule has 2 N–H and O–H groups in total. The van der Waals surface area contributed by atoms with Crippen LogP contribution in [-0.4, -0.2) is 42.5 Å². The van der Waals surface area contributed by atoms with Crippen LogP contribution in [0.5, 0.6) is 0 Å². The fourth-order valence-electron chi connectivity index (χ4n) is 1.98. The van der Waals surface area contributed by atoms with Crippen LogP contribution in [0.4, 0.5) is 0 Å². The molecule has 0 rings (SSSR count). The standard InChI is InChI=1S/C11H23N2O.ClH/c1-5-11(14)10(4)13(6-2,7-3)9-8-12;/h5,10H,1,6-9,12H2,2-4H3;1H/q+1;/p-1. The zero-order valence-electron chi connectivity index (χ0n) is 10.0. The highest BCUT2D eigenvalue weighted by atomic mass is 35.5. The van der Waals surface area contributed by atoms with E-state index in [0.29, 0.717) is 6.54 Å². The maximum absolute atomic E-state index is 11.6. The maximum Gasteiger partial charge on any atom is 0.211 e. The maximum atomic E-state index is 11.6. The van der Waals surface area contributed by atoms with Crippen molar-refractivity contribution in [2.75, 3.05) is 26.2 Å². The molecule has 0 bridgehead atoms. The first kappa shape index (κ1) is 17.0. The van der Waals surface area contributed by atoms with E-state index in [1.165, 1.54) is 6.08 Å². The van der Waals surface area contributed by atoms with Crippen LogP contribution in [0.25, 0.3) is 0 Å². The molecule has 0 fully saturated rings. The average molecular weight is 235 g/mol. The third-order valence-corrected chi connectivity index (χ3v) is 3.27. The summed E-state index contributed by atoms with van der Waals surface area (Å²) in [4.78, 5) is 11.6. The molecule has 1 atom stereocenters. The van der Waals surface area contributed by atoms with E-state index in [9.17, 15) is 4.79 Å². The number of halogens is 1. The molecule has 0 aromatic rings. The molecule has 0 aliphatic heterocycles. The van der Waals surface area contributed by atoms with Crippen LogP contribution in [0, 0.1) is 0 Å². The number of nitrogens with two attached hydrogens (primary N) is 1. The third kappa shape index (κ3) is 3.93. The van der Waals surface area contributed by atoms with Gasteiger partial charge in [0, 0.05) is 6.54 Å². The van der Waals surface area contributed by atoms with Gasteiger partial charge in [0.1, 0.15) is 6.04 Å². The molecule has 0 heterocycles. The van der Waals surface area contributed by atoms with Gasteiger partial charge in [-0.2, -0.15) is 0 Å². The zero-order valence-corrected chi connectivity index (χ0v) is 10.8. The molecule has 3 nitrogen and oxygen atoms in total. The molecule has 0 aliphatic rings. The van der Waals surface area contributed by atoms with E-state index in [0.717, 1.165) is 24.1 Å². The van der Waals surface area contributed by atoms with Gasteiger partial charge < -0.3 is 22.6 Å². The van der Waals surface area contributed by atoms with Gasteiger partial charge in [-0.15, -0.1) is 0 Å². The second kappa shape index (κ2) is 7.85. The summed E-state index contributed by atoms with van der Waals surface area (Å²) in [6, 6.07) is -0.0222. The summed E-state index contributed by atoms with van der Waals surface area (Å²) < 4.78 is 0.765. The SMILES string of the molecule is C=CC(=O)C(C)[N+](CC)(CC)CCN.[Cl-]. The second-order valence-corrected chi connectivity index (χ2v) is 3.65. The number of hydrogen-bond donors (Lipinski definition) is 1. The average Bonchev–Trinajstić information content (AvgIpc) is 2.24. The summed E-state index contributed by atoms with van der Waals surface area (Å²) in [5.74, 6) is 0.113. The number of carbonyl (C=O) groups excluding carboxylic acids is 1. The van der Waals surface area contributed by atoms with Crippen LogP contribution >= 0.6 is 0 Å². The molecular weight excluding hydrogens is 212 g/mol. The summed E-state index contributed by atoms with van der Waals surface area (Å²) in [5, 5.41) is 0. The molecule has 15 heavy (non-hydrogen) atoms. The highest BCUT2D eigenvalue weighted by Gasteiger charge is 2.33. The van der Waals surface area contributed by atoms with Crippen LogP contribution in [0.2, 0.25) is 0 Å². The number of nitrogens with zero attached hydrogens (tertiary/aromatic N) is 1. The highest BCUT2D eigenvalue weighted by molar-refractivity contribution is 5.92. The van der Waals surface area contributed by atoms with Crippen molar-refractivity contribution in [3.8, 4) is 0 Å². The lowest BCUT2D eigenvalue weighted by Crippen LogP contribution is -3.00. The van der Waals surface area contributed by atoms with Crippen molar-refractivity contribution in [1.29, 1.82) is 0 Å². The fourth-order valence-corrected chi connectivity index (χ4v) is 1.98. The van der Waals surface area contributed by atoms with Crippen LogP contribution < -0.4 is 18.1 Å². The molecule has 0 saturated heterocycles. The van der Waals surface area contributed by atoms with Crippen molar-refractivity contribution in [1.82, 2.24) is 0 Å². The van der Waals surface area contributed by atoms with Gasteiger partial charge in [-0.1, -0.05) is 6.58 Å². The quantitative estimate of drug-likeness (QED) is 0.407. The Bertz CT molecular complexity index is 203. The van der Waals surface area contributed by atoms with Gasteiger partial charge in [-0.05, 0) is 26.8 Å². The number of likely N-dealkylation sites (N-methyl/N-ethyl adjacent to an activating group) is 1. The Labute approximate surface area is 99.3 Å². The van der Waals surface area contributed by atoms with Crippen molar-refractivity contribution < 1.29 is 21.7 Å². The number of hydrogen-bond acceptors (Lipinski definition) is 2. The van der Waals surface area contributed by atoms with Crippen molar-refractivity contribution in [3.63, 3.8) is 0 Å². The largest absolute Gasteiger partial charge is 1.00 e. The molecule has 0 amide bonds. The lowest BCUT2D eigenvalue weighted by Gasteiger charge is -2.40. The zero-order chi connectivity index (χ0) is 11.2. The van der Waals surface area contributed by atoms with Crippen LogP contribution in [-0.2, 0) is 4.79 Å². The molecule has 4 heteroatoms. The van der Waals surface area contributed by atoms with Gasteiger partial charge in [0.05, 0.1) is 19.6 Å². The lowest BCUT2D eigenvalue weighted by atomic mass is 10.1. The van der Waals surface area contributed by atoms with Gasteiger partial charge in [-0.25, -0.2) is 0 Å². The first-order valence-electron chi connectivity index (χ1n) is 5.30. The Hall–Kier alpha value is -0.380. The normalized spacial score (nSPS) is 12.8. The van der Waals surface area contributed by atoms with Crippen LogP contribution in [0.15, 0.2) is 12.7 Å². The molecule has 90 valence electrons. The Morgan fingerprint density at radius 2 is 1.93 bits per heavy atom. The lowest BCUT2D eigenvalue weighted by molar-refractivity contribution is -0.936. The summed E-state index contributed by atoms with van der Waals surface area (Å²) in [5.41, 5.74) is 5.59. The van der Waals surface area contributed by atoms with E-state index >= 15 is 0 Å². The molecule has 0 radical (unpaired) electrons. The summed E-state index contributed by atoms with van der Waals surface area (Å²) in [6.45, 7) is 13.1. The molecule has 0 spiro atoms. The molecule has 1 unspecified atom stereocenters. The summed E-state index contributed by atoms with van der Waals surface area (Å²) >= 11 is 0. The summed E-state index contributed by atoms with van der Waals surface area (Å²) in [7, 11) is 0. The van der Waals surface area contributed by atoms with Crippen molar-refractivity contribution in [2.24, 2.45) is 5.73 Å². The van der Waals surface area contributed by atoms with Crippen molar-refractivity contribution in [2.45, 2.75) is 26.8 Å². The van der Waals surface area contributed by atoms with Gasteiger partial charge in [0.15, 0.2) is 0 Å². The van der Waals surface area contributed by atoms with Gasteiger partial charge >= 0.3 is 0 Å². The number of carbonyl (C=O) groups is 1. The van der Waals surface area contributed by atoms with E-state index in [1.54, 1.807) is 0 Å².